The molecule has 25 heavy (non-hydrogen) atoms. The summed E-state index contributed by atoms with van der Waals surface area (Å²) in [5.41, 5.74) is 8.30. The number of amides is 1. The molecule has 0 aromatic carbocycles. The monoisotopic (exact) mass is 354 g/mol. The molecule has 0 radical (unpaired) electrons. The summed E-state index contributed by atoms with van der Waals surface area (Å²) in [6, 6.07) is 7.41. The van der Waals surface area contributed by atoms with E-state index < -0.39 is 0 Å². The first kappa shape index (κ1) is 17.0. The highest BCUT2D eigenvalue weighted by Crippen LogP contribution is 2.20. The molecule has 7 nitrogen and oxygen atoms in total. The zero-order valence-electron chi connectivity index (χ0n) is 13.8. The predicted octanol–water partition coefficient (Wildman–Crippen LogP) is 2.46. The molecule has 0 saturated heterocycles. The number of rotatable bonds is 6. The van der Waals surface area contributed by atoms with Gasteiger partial charge in [0.1, 0.15) is 16.4 Å². The van der Waals surface area contributed by atoms with Gasteiger partial charge in [-0.15, -0.1) is 11.3 Å². The van der Waals surface area contributed by atoms with Gasteiger partial charge in [-0.1, -0.05) is 19.4 Å². The molecular formula is C17H18N6OS. The van der Waals surface area contributed by atoms with Crippen molar-refractivity contribution in [3.63, 3.8) is 0 Å². The van der Waals surface area contributed by atoms with Crippen LogP contribution in [0.25, 0.3) is 10.7 Å². The van der Waals surface area contributed by atoms with E-state index in [4.69, 9.17) is 5.73 Å². The molecule has 3 aromatic rings. The third-order valence-electron chi connectivity index (χ3n) is 3.43. The van der Waals surface area contributed by atoms with Crippen LogP contribution in [0.5, 0.6) is 0 Å². The molecule has 1 amide bonds. The molecule has 3 aromatic heterocycles. The lowest BCUT2D eigenvalue weighted by Gasteiger charge is -2.07. The Morgan fingerprint density at radius 1 is 1.24 bits per heavy atom. The van der Waals surface area contributed by atoms with Crippen LogP contribution in [0, 0.1) is 0 Å². The summed E-state index contributed by atoms with van der Waals surface area (Å²) in [4.78, 5) is 29.2. The number of nitrogens with one attached hydrogen (secondary N) is 1. The lowest BCUT2D eigenvalue weighted by molar-refractivity contribution is 0.0945. The first-order chi connectivity index (χ1) is 12.2. The van der Waals surface area contributed by atoms with Crippen molar-refractivity contribution in [1.82, 2.24) is 25.3 Å². The van der Waals surface area contributed by atoms with Crippen LogP contribution in [0.1, 0.15) is 35.2 Å². The van der Waals surface area contributed by atoms with Gasteiger partial charge in [-0.25, -0.2) is 15.0 Å². The van der Waals surface area contributed by atoms with Crippen molar-refractivity contribution in [2.75, 3.05) is 5.73 Å². The highest BCUT2D eigenvalue weighted by atomic mass is 32.1. The van der Waals surface area contributed by atoms with Crippen molar-refractivity contribution in [2.24, 2.45) is 0 Å². The van der Waals surface area contributed by atoms with Crippen LogP contribution >= 0.6 is 11.3 Å². The largest absolute Gasteiger partial charge is 0.368 e. The van der Waals surface area contributed by atoms with Crippen molar-refractivity contribution < 1.29 is 4.79 Å². The van der Waals surface area contributed by atoms with Gasteiger partial charge in [0.15, 0.2) is 0 Å². The van der Waals surface area contributed by atoms with Gasteiger partial charge in [-0.05, 0) is 24.6 Å². The van der Waals surface area contributed by atoms with Gasteiger partial charge in [0.05, 0.1) is 12.2 Å². The Labute approximate surface area is 149 Å². The number of nitrogen functional groups attached to an aromatic ring is 1. The number of carbonyl (C=O) groups excluding carboxylic acids is 1. The Morgan fingerprint density at radius 3 is 2.84 bits per heavy atom. The van der Waals surface area contributed by atoms with Gasteiger partial charge < -0.3 is 11.1 Å². The van der Waals surface area contributed by atoms with Gasteiger partial charge in [-0.3, -0.25) is 9.78 Å². The fourth-order valence-corrected chi connectivity index (χ4v) is 2.92. The van der Waals surface area contributed by atoms with Gasteiger partial charge >= 0.3 is 0 Å². The number of thiazole rings is 1. The van der Waals surface area contributed by atoms with Crippen molar-refractivity contribution in [2.45, 2.75) is 26.3 Å². The van der Waals surface area contributed by atoms with Crippen molar-refractivity contribution in [3.05, 3.63) is 52.9 Å². The summed E-state index contributed by atoms with van der Waals surface area (Å²) in [6.07, 6.45) is 3.62. The Kier molecular flexibility index (Phi) is 5.30. The molecule has 0 bridgehead atoms. The number of aromatic nitrogens is 4. The van der Waals surface area contributed by atoms with E-state index in [-0.39, 0.29) is 17.5 Å². The Morgan fingerprint density at radius 2 is 2.08 bits per heavy atom. The molecule has 0 aliphatic heterocycles. The molecule has 8 heteroatoms. The van der Waals surface area contributed by atoms with Gasteiger partial charge in [0.2, 0.25) is 5.95 Å². The molecule has 0 fully saturated rings. The summed E-state index contributed by atoms with van der Waals surface area (Å²) in [5.74, 6) is -0.282. The molecule has 0 aliphatic rings. The maximum Gasteiger partial charge on any atom is 0.270 e. The molecule has 0 atom stereocenters. The van der Waals surface area contributed by atoms with E-state index in [1.165, 1.54) is 11.3 Å². The van der Waals surface area contributed by atoms with E-state index in [9.17, 15) is 4.79 Å². The van der Waals surface area contributed by atoms with Crippen LogP contribution in [0.15, 0.2) is 35.8 Å². The number of aryl methyl sites for hydroxylation is 1. The van der Waals surface area contributed by atoms with Crippen molar-refractivity contribution in [1.29, 1.82) is 0 Å². The van der Waals surface area contributed by atoms with Crippen LogP contribution in [0.2, 0.25) is 0 Å². The van der Waals surface area contributed by atoms with E-state index in [1.807, 2.05) is 23.6 Å². The first-order valence-corrected chi connectivity index (χ1v) is 8.81. The van der Waals surface area contributed by atoms with Crippen LogP contribution < -0.4 is 11.1 Å². The fourth-order valence-electron chi connectivity index (χ4n) is 2.33. The highest BCUT2D eigenvalue weighted by molar-refractivity contribution is 7.13. The number of anilines is 1. The predicted molar refractivity (Wildman–Crippen MR) is 97.0 cm³/mol. The molecule has 3 N–H and O–H groups in total. The minimum absolute atomic E-state index is 0.0425. The molecule has 0 aliphatic carbocycles. The molecule has 3 rings (SSSR count). The van der Waals surface area contributed by atoms with Crippen molar-refractivity contribution in [3.8, 4) is 10.7 Å². The van der Waals surface area contributed by atoms with Crippen LogP contribution in [0.4, 0.5) is 5.95 Å². The summed E-state index contributed by atoms with van der Waals surface area (Å²) in [5, 5.41) is 5.35. The van der Waals surface area contributed by atoms with E-state index in [0.29, 0.717) is 17.2 Å². The quantitative estimate of drug-likeness (QED) is 0.704. The maximum absolute atomic E-state index is 12.4. The third kappa shape index (κ3) is 4.36. The maximum atomic E-state index is 12.4. The molecular weight excluding hydrogens is 336 g/mol. The number of nitrogens with two attached hydrogens (primary N) is 1. The topological polar surface area (TPSA) is 107 Å². The summed E-state index contributed by atoms with van der Waals surface area (Å²) in [6.45, 7) is 2.43. The summed E-state index contributed by atoms with van der Waals surface area (Å²) >= 11 is 1.42. The van der Waals surface area contributed by atoms with Gasteiger partial charge in [0, 0.05) is 17.3 Å². The number of nitrogens with zero attached hydrogens (tertiary/aromatic N) is 4. The van der Waals surface area contributed by atoms with Crippen LogP contribution in [-0.4, -0.2) is 25.8 Å². The number of hydrogen-bond acceptors (Lipinski definition) is 7. The minimum Gasteiger partial charge on any atom is -0.368 e. The van der Waals surface area contributed by atoms with E-state index in [1.54, 1.807) is 12.3 Å². The Balaban J connectivity index is 1.72. The lowest BCUT2D eigenvalue weighted by atomic mass is 10.2. The lowest BCUT2D eigenvalue weighted by Crippen LogP contribution is -2.25. The smallest absolute Gasteiger partial charge is 0.270 e. The molecule has 0 saturated carbocycles. The average Bonchev–Trinajstić information content (AvgIpc) is 3.14. The zero-order valence-corrected chi connectivity index (χ0v) is 14.6. The Bertz CT molecular complexity index is 865. The average molecular weight is 354 g/mol. The highest BCUT2D eigenvalue weighted by Gasteiger charge is 2.13. The minimum atomic E-state index is -0.324. The van der Waals surface area contributed by atoms with E-state index >= 15 is 0 Å². The number of pyridine rings is 1. The normalized spacial score (nSPS) is 10.6. The second-order valence-electron chi connectivity index (χ2n) is 5.39. The Hall–Kier alpha value is -2.87. The second-order valence-corrected chi connectivity index (χ2v) is 6.28. The third-order valence-corrected chi connectivity index (χ3v) is 4.22. The zero-order chi connectivity index (χ0) is 17.6. The molecule has 128 valence electrons. The second kappa shape index (κ2) is 7.80. The standard InChI is InChI=1S/C17H18N6OS/c1-2-4-11-5-3-6-12(21-11)10-20-15(24)13-9-14(23-17(18)22-13)16-19-7-8-25-16/h3,5-9H,2,4,10H2,1H3,(H,20,24)(H2,18,22,23). The first-order valence-electron chi connectivity index (χ1n) is 7.93. The van der Waals surface area contributed by atoms with Crippen LogP contribution in [0.3, 0.4) is 0 Å². The SMILES string of the molecule is CCCc1cccc(CNC(=O)c2cc(-c3nccs3)nc(N)n2)n1. The van der Waals surface area contributed by atoms with Gasteiger partial charge in [0.25, 0.3) is 5.91 Å². The summed E-state index contributed by atoms with van der Waals surface area (Å²) < 4.78 is 0. The fraction of sp³-hybridized carbons (Fsp3) is 0.235. The van der Waals surface area contributed by atoms with Crippen molar-refractivity contribution >= 4 is 23.2 Å². The molecule has 0 spiro atoms. The van der Waals surface area contributed by atoms with E-state index in [0.717, 1.165) is 24.2 Å². The molecule has 0 unspecified atom stereocenters. The van der Waals surface area contributed by atoms with Crippen LogP contribution in [-0.2, 0) is 13.0 Å². The van der Waals surface area contributed by atoms with Gasteiger partial charge in [-0.2, -0.15) is 0 Å². The van der Waals surface area contributed by atoms with E-state index in [2.05, 4.69) is 32.2 Å². The molecule has 3 heterocycles. The number of hydrogen-bond donors (Lipinski definition) is 2. The summed E-state index contributed by atoms with van der Waals surface area (Å²) in [7, 11) is 0. The number of carbonyl (C=O) groups is 1.